The number of halogens is 3. The zero-order chi connectivity index (χ0) is 36.1. The van der Waals surface area contributed by atoms with Gasteiger partial charge in [-0.25, -0.2) is 9.78 Å². The van der Waals surface area contributed by atoms with E-state index in [1.807, 2.05) is 24.3 Å². The molecule has 10 nitrogen and oxygen atoms in total. The van der Waals surface area contributed by atoms with Crippen molar-refractivity contribution in [2.45, 2.75) is 65.1 Å². The number of nitrogens with one attached hydrogen (secondary N) is 2. The average Bonchev–Trinajstić information content (AvgIpc) is 3.07. The number of para-hydroxylation sites is 1. The van der Waals surface area contributed by atoms with E-state index in [-0.39, 0.29) is 42.1 Å². The first kappa shape index (κ1) is 36.1. The number of carbonyl (C=O) groups excluding carboxylic acids is 2. The molecule has 2 heterocycles. The van der Waals surface area contributed by atoms with Gasteiger partial charge in [0.05, 0.1) is 12.7 Å². The largest absolute Gasteiger partial charge is 0.491 e. The van der Waals surface area contributed by atoms with Crippen molar-refractivity contribution in [3.63, 3.8) is 0 Å². The van der Waals surface area contributed by atoms with E-state index in [4.69, 9.17) is 19.9 Å². The van der Waals surface area contributed by atoms with Crippen LogP contribution in [0.15, 0.2) is 72.9 Å². The van der Waals surface area contributed by atoms with Crippen molar-refractivity contribution in [1.82, 2.24) is 10.3 Å². The maximum Gasteiger partial charge on any atom is 0.491 e. The molecule has 1 fully saturated rings. The van der Waals surface area contributed by atoms with Crippen LogP contribution in [0, 0.1) is 5.92 Å². The third kappa shape index (κ3) is 8.15. The normalized spacial score (nSPS) is 16.1. The first-order valence-corrected chi connectivity index (χ1v) is 16.6. The van der Waals surface area contributed by atoms with Crippen LogP contribution in [-0.4, -0.2) is 48.8 Å². The van der Waals surface area contributed by atoms with E-state index < -0.39 is 23.8 Å². The van der Waals surface area contributed by atoms with E-state index in [9.17, 15) is 22.8 Å². The smallest absolute Gasteiger partial charge is 0.490 e. The number of pyridine rings is 1. The van der Waals surface area contributed by atoms with Gasteiger partial charge in [-0.15, -0.1) is 0 Å². The summed E-state index contributed by atoms with van der Waals surface area (Å²) in [6.07, 6.45) is -2.10. The van der Waals surface area contributed by atoms with Gasteiger partial charge in [-0.3, -0.25) is 4.79 Å². The Hall–Kier alpha value is -5.20. The Morgan fingerprint density at radius 1 is 1.06 bits per heavy atom. The van der Waals surface area contributed by atoms with Crippen LogP contribution in [0.5, 0.6) is 11.5 Å². The Kier molecular flexibility index (Phi) is 10.9. The van der Waals surface area contributed by atoms with Gasteiger partial charge in [-0.05, 0) is 99.0 Å². The van der Waals surface area contributed by atoms with E-state index in [2.05, 4.69) is 27.4 Å². The number of hydrogen-bond donors (Lipinski definition) is 3. The molecule has 1 aromatic heterocycles. The highest BCUT2D eigenvalue weighted by atomic mass is 19.4. The summed E-state index contributed by atoms with van der Waals surface area (Å²) in [5, 5.41) is 6.79. The minimum Gasteiger partial charge on any atom is -0.490 e. The molecule has 13 heteroatoms. The predicted molar refractivity (Wildman–Crippen MR) is 186 cm³/mol. The summed E-state index contributed by atoms with van der Waals surface area (Å²) < 4.78 is 58.9. The number of esters is 1. The number of hydrogen-bond acceptors (Lipinski definition) is 9. The van der Waals surface area contributed by atoms with Crippen LogP contribution in [0.4, 0.5) is 30.4 Å². The van der Waals surface area contributed by atoms with Crippen LogP contribution in [0.1, 0.15) is 51.7 Å². The fourth-order valence-electron chi connectivity index (χ4n) is 6.09. The number of alkyl halides is 3. The van der Waals surface area contributed by atoms with E-state index >= 15 is 0 Å². The molecule has 1 saturated heterocycles. The SMILES string of the molecule is CCOc1cc(C(Nc2ccc3c(N)nccc3c2)(OC(=O)C(F)(F)F)C(=O)NCc2ccccc2N2CCCC(C)C2)ccc1OC(C)C. The van der Waals surface area contributed by atoms with Gasteiger partial charge in [0.2, 0.25) is 0 Å². The van der Waals surface area contributed by atoms with Crippen molar-refractivity contribution in [2.24, 2.45) is 5.92 Å². The summed E-state index contributed by atoms with van der Waals surface area (Å²) in [6.45, 7) is 9.28. The molecule has 4 N–H and O–H groups in total. The van der Waals surface area contributed by atoms with Gasteiger partial charge in [0.25, 0.3) is 11.6 Å². The molecule has 3 aromatic carbocycles. The molecule has 4 aromatic rings. The number of nitrogen functional groups attached to an aromatic ring is 1. The van der Waals surface area contributed by atoms with E-state index in [0.29, 0.717) is 22.4 Å². The molecule has 266 valence electrons. The van der Waals surface area contributed by atoms with Gasteiger partial charge >= 0.3 is 12.1 Å². The number of carbonyl (C=O) groups is 2. The molecule has 0 saturated carbocycles. The Morgan fingerprint density at radius 3 is 2.56 bits per heavy atom. The van der Waals surface area contributed by atoms with Crippen molar-refractivity contribution in [3.8, 4) is 11.5 Å². The lowest BCUT2D eigenvalue weighted by molar-refractivity contribution is -0.213. The molecule has 0 spiro atoms. The van der Waals surface area contributed by atoms with Gasteiger partial charge in [-0.1, -0.05) is 25.1 Å². The van der Waals surface area contributed by atoms with Crippen LogP contribution < -0.4 is 30.7 Å². The number of benzene rings is 3. The highest BCUT2D eigenvalue weighted by Crippen LogP contribution is 2.39. The lowest BCUT2D eigenvalue weighted by Crippen LogP contribution is -2.54. The fourth-order valence-corrected chi connectivity index (χ4v) is 6.09. The Balaban J connectivity index is 1.63. The minimum atomic E-state index is -5.43. The number of nitrogens with two attached hydrogens (primary N) is 1. The molecule has 2 atom stereocenters. The predicted octanol–water partition coefficient (Wildman–Crippen LogP) is 6.93. The van der Waals surface area contributed by atoms with E-state index in [1.165, 1.54) is 30.5 Å². The summed E-state index contributed by atoms with van der Waals surface area (Å²) in [4.78, 5) is 33.6. The number of nitrogens with zero attached hydrogens (tertiary/aromatic N) is 2. The highest BCUT2D eigenvalue weighted by Gasteiger charge is 2.52. The molecule has 0 aliphatic carbocycles. The summed E-state index contributed by atoms with van der Waals surface area (Å²) >= 11 is 0. The lowest BCUT2D eigenvalue weighted by Gasteiger charge is -2.36. The molecule has 1 amide bonds. The molecular weight excluding hydrogens is 651 g/mol. The van der Waals surface area contributed by atoms with Crippen LogP contribution in [-0.2, 0) is 26.6 Å². The van der Waals surface area contributed by atoms with Gasteiger partial charge < -0.3 is 35.5 Å². The Morgan fingerprint density at radius 2 is 1.84 bits per heavy atom. The van der Waals surface area contributed by atoms with Gasteiger partial charge in [-0.2, -0.15) is 13.2 Å². The number of aromatic nitrogens is 1. The number of ether oxygens (including phenoxy) is 3. The van der Waals surface area contributed by atoms with Crippen molar-refractivity contribution < 1.29 is 37.0 Å². The lowest BCUT2D eigenvalue weighted by atomic mass is 9.98. The molecule has 2 unspecified atom stereocenters. The number of anilines is 3. The summed E-state index contributed by atoms with van der Waals surface area (Å²) in [7, 11) is 0. The van der Waals surface area contributed by atoms with Crippen LogP contribution in [0.25, 0.3) is 10.8 Å². The van der Waals surface area contributed by atoms with Crippen molar-refractivity contribution in [1.29, 1.82) is 0 Å². The number of piperidine rings is 1. The molecule has 50 heavy (non-hydrogen) atoms. The Labute approximate surface area is 289 Å². The second kappa shape index (κ2) is 15.1. The summed E-state index contributed by atoms with van der Waals surface area (Å²) in [5.74, 6) is -2.47. The van der Waals surface area contributed by atoms with E-state index in [1.54, 1.807) is 39.0 Å². The molecule has 1 aliphatic rings. The summed E-state index contributed by atoms with van der Waals surface area (Å²) in [6, 6.07) is 18.0. The van der Waals surface area contributed by atoms with Gasteiger partial charge in [0.1, 0.15) is 5.82 Å². The second-order valence-corrected chi connectivity index (χ2v) is 12.6. The molecule has 1 aliphatic heterocycles. The zero-order valence-electron chi connectivity index (χ0n) is 28.5. The topological polar surface area (TPSA) is 128 Å². The number of rotatable bonds is 12. The highest BCUT2D eigenvalue weighted by molar-refractivity contribution is 5.96. The monoisotopic (exact) mass is 693 g/mol. The third-order valence-corrected chi connectivity index (χ3v) is 8.35. The minimum absolute atomic E-state index is 0.0698. The molecule has 5 rings (SSSR count). The van der Waals surface area contributed by atoms with Crippen LogP contribution >= 0.6 is 0 Å². The quantitative estimate of drug-likeness (QED) is 0.107. The van der Waals surface area contributed by atoms with Crippen LogP contribution in [0.3, 0.4) is 0 Å². The molecule has 0 radical (unpaired) electrons. The van der Waals surface area contributed by atoms with Crippen molar-refractivity contribution in [2.75, 3.05) is 35.6 Å². The number of amides is 1. The van der Waals surface area contributed by atoms with Gasteiger partial charge in [0, 0.05) is 48.2 Å². The first-order valence-electron chi connectivity index (χ1n) is 16.6. The maximum absolute atomic E-state index is 14.6. The van der Waals surface area contributed by atoms with Gasteiger partial charge in [0.15, 0.2) is 11.5 Å². The third-order valence-electron chi connectivity index (χ3n) is 8.35. The zero-order valence-corrected chi connectivity index (χ0v) is 28.5. The molecular formula is C37H42F3N5O5. The molecule has 0 bridgehead atoms. The van der Waals surface area contributed by atoms with Crippen LogP contribution in [0.2, 0.25) is 0 Å². The van der Waals surface area contributed by atoms with Crippen molar-refractivity contribution >= 4 is 39.8 Å². The standard InChI is InChI=1S/C37H42F3N5O5/c1-5-48-32-20-27(12-15-31(32)49-23(2)3)36(50-35(47)37(38,39)40,44-28-13-14-29-25(19-28)16-17-42-33(29)41)34(46)43-21-26-10-6-7-11-30(26)45-18-8-9-24(4)22-45/h6-7,10-17,19-20,23-24,44H,5,8-9,18,21-22H2,1-4H3,(H2,41,42)(H,43,46). The number of fused-ring (bicyclic) bond motifs is 1. The Bertz CT molecular complexity index is 1840. The average molecular weight is 694 g/mol. The first-order chi connectivity index (χ1) is 23.8. The van der Waals surface area contributed by atoms with Crippen molar-refractivity contribution in [3.05, 3.63) is 84.1 Å². The van der Waals surface area contributed by atoms with E-state index in [0.717, 1.165) is 37.2 Å². The fraction of sp³-hybridized carbons (Fsp3) is 0.378. The maximum atomic E-state index is 14.6. The second-order valence-electron chi connectivity index (χ2n) is 12.6. The summed E-state index contributed by atoms with van der Waals surface area (Å²) in [5.41, 5.74) is 4.96.